The summed E-state index contributed by atoms with van der Waals surface area (Å²) in [6, 6.07) is 11.4. The molecular formula is C22H20BrN3O5. The number of benzene rings is 2. The van der Waals surface area contributed by atoms with Crippen LogP contribution in [0.3, 0.4) is 0 Å². The molecule has 0 saturated heterocycles. The van der Waals surface area contributed by atoms with Crippen molar-refractivity contribution in [2.75, 3.05) is 7.11 Å². The van der Waals surface area contributed by atoms with Gasteiger partial charge in [0.05, 0.1) is 28.8 Å². The second-order valence-electron chi connectivity index (χ2n) is 6.47. The van der Waals surface area contributed by atoms with Crippen LogP contribution in [-0.2, 0) is 13.2 Å². The van der Waals surface area contributed by atoms with Crippen LogP contribution in [0.1, 0.15) is 28.5 Å². The van der Waals surface area contributed by atoms with Crippen molar-refractivity contribution < 1.29 is 19.2 Å². The van der Waals surface area contributed by atoms with Crippen LogP contribution in [-0.4, -0.2) is 27.6 Å². The summed E-state index contributed by atoms with van der Waals surface area (Å²) in [4.78, 5) is 23.1. The maximum Gasteiger partial charge on any atom is 0.273 e. The molecule has 0 bridgehead atoms. The molecule has 0 aliphatic carbocycles. The highest BCUT2D eigenvalue weighted by molar-refractivity contribution is 9.10. The van der Waals surface area contributed by atoms with Gasteiger partial charge in [-0.25, -0.2) is 0 Å². The third-order valence-corrected chi connectivity index (χ3v) is 5.06. The smallest absolute Gasteiger partial charge is 0.273 e. The van der Waals surface area contributed by atoms with Crippen LogP contribution in [0.25, 0.3) is 6.08 Å². The van der Waals surface area contributed by atoms with Crippen molar-refractivity contribution in [3.63, 3.8) is 0 Å². The molecule has 9 heteroatoms. The lowest BCUT2D eigenvalue weighted by Gasteiger charge is -2.11. The number of nitro groups is 1. The minimum absolute atomic E-state index is 0.0443. The van der Waals surface area contributed by atoms with E-state index in [1.807, 2.05) is 19.1 Å². The van der Waals surface area contributed by atoms with Crippen molar-refractivity contribution in [3.8, 4) is 11.5 Å². The fourth-order valence-corrected chi connectivity index (χ4v) is 3.45. The summed E-state index contributed by atoms with van der Waals surface area (Å²) < 4.78 is 13.4. The highest BCUT2D eigenvalue weighted by Gasteiger charge is 2.14. The quantitative estimate of drug-likeness (QED) is 0.182. The minimum Gasteiger partial charge on any atom is -0.496 e. The topological polar surface area (TPSA) is 96.5 Å². The van der Waals surface area contributed by atoms with Crippen LogP contribution < -0.4 is 9.47 Å². The first-order valence-corrected chi connectivity index (χ1v) is 10.2. The molecule has 1 heterocycles. The van der Waals surface area contributed by atoms with Crippen molar-refractivity contribution in [2.45, 2.75) is 20.1 Å². The molecule has 3 rings (SSSR count). The summed E-state index contributed by atoms with van der Waals surface area (Å²) >= 11 is 3.36. The number of carbonyl (C=O) groups is 1. The van der Waals surface area contributed by atoms with Gasteiger partial charge >= 0.3 is 0 Å². The Labute approximate surface area is 187 Å². The van der Waals surface area contributed by atoms with Crippen LogP contribution in [0.4, 0.5) is 5.69 Å². The Morgan fingerprint density at radius 3 is 2.81 bits per heavy atom. The average Bonchev–Trinajstić information content (AvgIpc) is 3.16. The van der Waals surface area contributed by atoms with Gasteiger partial charge in [-0.2, -0.15) is 5.10 Å². The Hall–Kier alpha value is -3.46. The Morgan fingerprint density at radius 2 is 2.10 bits per heavy atom. The number of rotatable bonds is 9. The lowest BCUT2D eigenvalue weighted by atomic mass is 10.1. The highest BCUT2D eigenvalue weighted by Crippen LogP contribution is 2.25. The Morgan fingerprint density at radius 1 is 1.29 bits per heavy atom. The van der Waals surface area contributed by atoms with E-state index in [0.717, 1.165) is 11.1 Å². The fourth-order valence-electron chi connectivity index (χ4n) is 2.96. The maximum absolute atomic E-state index is 12.6. The molecule has 3 aromatic rings. The molecule has 0 spiro atoms. The molecule has 2 aromatic carbocycles. The number of carbonyl (C=O) groups excluding carboxylic acids is 1. The van der Waals surface area contributed by atoms with E-state index in [0.29, 0.717) is 28.2 Å². The average molecular weight is 486 g/mol. The molecule has 0 amide bonds. The highest BCUT2D eigenvalue weighted by atomic mass is 79.9. The molecule has 8 nitrogen and oxygen atoms in total. The predicted molar refractivity (Wildman–Crippen MR) is 119 cm³/mol. The molecule has 0 unspecified atom stereocenters. The number of aromatic nitrogens is 2. The molecule has 31 heavy (non-hydrogen) atoms. The van der Waals surface area contributed by atoms with Gasteiger partial charge in [-0.1, -0.05) is 18.2 Å². The molecule has 0 aliphatic heterocycles. The Bertz CT molecular complexity index is 1140. The van der Waals surface area contributed by atoms with Crippen LogP contribution in [0.5, 0.6) is 11.5 Å². The molecular weight excluding hydrogens is 466 g/mol. The lowest BCUT2D eigenvalue weighted by molar-refractivity contribution is -0.384. The van der Waals surface area contributed by atoms with Gasteiger partial charge in [0, 0.05) is 18.2 Å². The van der Waals surface area contributed by atoms with E-state index < -0.39 is 4.92 Å². The number of hydrogen-bond acceptors (Lipinski definition) is 6. The normalized spacial score (nSPS) is 10.9. The fraction of sp³-hybridized carbons (Fsp3) is 0.182. The number of allylic oxidation sites excluding steroid dienone is 1. The third-order valence-electron chi connectivity index (χ3n) is 4.48. The SMILES string of the molecule is CCn1ncc(Br)c1C(=O)/C=C/c1ccc(OC)c(COc2cccc([N+](=O)[O-])c2)c1. The van der Waals surface area contributed by atoms with Gasteiger partial charge in [-0.15, -0.1) is 0 Å². The van der Waals surface area contributed by atoms with Crippen molar-refractivity contribution in [3.05, 3.63) is 86.1 Å². The van der Waals surface area contributed by atoms with Gasteiger partial charge in [0.1, 0.15) is 23.8 Å². The molecule has 0 fully saturated rings. The van der Waals surface area contributed by atoms with Crippen LogP contribution in [0, 0.1) is 10.1 Å². The number of hydrogen-bond donors (Lipinski definition) is 0. The second-order valence-corrected chi connectivity index (χ2v) is 7.32. The number of nitrogens with zero attached hydrogens (tertiary/aromatic N) is 3. The lowest BCUT2D eigenvalue weighted by Crippen LogP contribution is -2.07. The number of nitro benzene ring substituents is 1. The summed E-state index contributed by atoms with van der Waals surface area (Å²) in [5, 5.41) is 15.1. The molecule has 0 saturated carbocycles. The summed E-state index contributed by atoms with van der Waals surface area (Å²) in [5.41, 5.74) is 1.97. The first-order valence-electron chi connectivity index (χ1n) is 9.40. The number of ether oxygens (including phenoxy) is 2. The monoisotopic (exact) mass is 485 g/mol. The third kappa shape index (κ3) is 5.37. The molecule has 160 valence electrons. The number of halogens is 1. The van der Waals surface area contributed by atoms with Crippen molar-refractivity contribution in [2.24, 2.45) is 0 Å². The Balaban J connectivity index is 1.78. The number of non-ortho nitro benzene ring substituents is 1. The molecule has 1 aromatic heterocycles. The van der Waals surface area contributed by atoms with E-state index in [2.05, 4.69) is 21.0 Å². The zero-order valence-corrected chi connectivity index (χ0v) is 18.5. The van der Waals surface area contributed by atoms with E-state index in [4.69, 9.17) is 9.47 Å². The zero-order valence-electron chi connectivity index (χ0n) is 16.9. The predicted octanol–water partition coefficient (Wildman–Crippen LogP) is 5.06. The summed E-state index contributed by atoms with van der Waals surface area (Å²) in [5.74, 6) is 0.821. The van der Waals surface area contributed by atoms with Gasteiger partial charge in [-0.05, 0) is 52.7 Å². The maximum atomic E-state index is 12.6. The molecule has 0 radical (unpaired) electrons. The van der Waals surface area contributed by atoms with Crippen LogP contribution >= 0.6 is 15.9 Å². The number of methoxy groups -OCH3 is 1. The summed E-state index contributed by atoms with van der Waals surface area (Å²) in [6.07, 6.45) is 4.79. The van der Waals surface area contributed by atoms with E-state index >= 15 is 0 Å². The van der Waals surface area contributed by atoms with Gasteiger partial charge < -0.3 is 9.47 Å². The van der Waals surface area contributed by atoms with E-state index in [-0.39, 0.29) is 18.1 Å². The first-order chi connectivity index (χ1) is 14.9. The van der Waals surface area contributed by atoms with Gasteiger partial charge in [0.15, 0.2) is 0 Å². The standard InChI is InChI=1S/C22H20BrN3O5/c1-3-25-22(19(23)13-24-25)20(27)9-7-15-8-10-21(30-2)16(11-15)14-31-18-6-4-5-17(12-18)26(28)29/h4-13H,3,14H2,1-2H3/b9-7+. The van der Waals surface area contributed by atoms with Crippen molar-refractivity contribution in [1.29, 1.82) is 0 Å². The summed E-state index contributed by atoms with van der Waals surface area (Å²) in [7, 11) is 1.55. The van der Waals surface area contributed by atoms with E-state index in [9.17, 15) is 14.9 Å². The minimum atomic E-state index is -0.473. The first kappa shape index (κ1) is 22.2. The second kappa shape index (κ2) is 10.0. The number of ketones is 1. The molecule has 0 aliphatic rings. The molecule has 0 atom stereocenters. The van der Waals surface area contributed by atoms with E-state index in [1.165, 1.54) is 18.2 Å². The Kier molecular flexibility index (Phi) is 7.19. The van der Waals surface area contributed by atoms with Gasteiger partial charge in [0.25, 0.3) is 5.69 Å². The molecule has 0 N–H and O–H groups in total. The van der Waals surface area contributed by atoms with Gasteiger partial charge in [0.2, 0.25) is 5.78 Å². The van der Waals surface area contributed by atoms with Crippen molar-refractivity contribution in [1.82, 2.24) is 9.78 Å². The largest absolute Gasteiger partial charge is 0.496 e. The van der Waals surface area contributed by atoms with E-state index in [1.54, 1.807) is 42.3 Å². The van der Waals surface area contributed by atoms with Crippen LogP contribution in [0.15, 0.2) is 59.2 Å². The number of aryl methyl sites for hydroxylation is 1. The van der Waals surface area contributed by atoms with Crippen molar-refractivity contribution >= 4 is 33.5 Å². The summed E-state index contributed by atoms with van der Waals surface area (Å²) in [6.45, 7) is 2.65. The van der Waals surface area contributed by atoms with Gasteiger partial charge in [-0.3, -0.25) is 19.6 Å². The zero-order chi connectivity index (χ0) is 22.4. The van der Waals surface area contributed by atoms with Crippen LogP contribution in [0.2, 0.25) is 0 Å².